The fourth-order valence-corrected chi connectivity index (χ4v) is 4.13. The molecule has 1 aromatic rings. The van der Waals surface area contributed by atoms with Crippen molar-refractivity contribution in [3.05, 3.63) is 34.9 Å². The first-order chi connectivity index (χ1) is 7.80. The van der Waals surface area contributed by atoms with Crippen LogP contribution in [0, 0.1) is 13.8 Å². The summed E-state index contributed by atoms with van der Waals surface area (Å²) >= 11 is 0. The van der Waals surface area contributed by atoms with Crippen molar-refractivity contribution in [2.45, 2.75) is 43.8 Å². The van der Waals surface area contributed by atoms with Crippen LogP contribution in [-0.4, -0.2) is 6.98 Å². The first-order valence-electron chi connectivity index (χ1n) is 6.06. The lowest BCUT2D eigenvalue weighted by atomic mass is 9.23. The van der Waals surface area contributed by atoms with Crippen LogP contribution in [0.1, 0.15) is 36.0 Å². The van der Waals surface area contributed by atoms with E-state index in [2.05, 4.69) is 0 Å². The maximum Gasteiger partial charge on any atom is 0.484 e. The van der Waals surface area contributed by atoms with Gasteiger partial charge in [-0.05, 0) is 36.0 Å². The van der Waals surface area contributed by atoms with E-state index in [1.54, 1.807) is 0 Å². The highest BCUT2D eigenvalue weighted by Gasteiger charge is 2.74. The lowest BCUT2D eigenvalue weighted by molar-refractivity contribution is -0.0409. The summed E-state index contributed by atoms with van der Waals surface area (Å²) in [6.07, 6.45) is 0.986. The van der Waals surface area contributed by atoms with E-state index >= 15 is 0 Å². The van der Waals surface area contributed by atoms with Crippen molar-refractivity contribution >= 4 is 6.98 Å². The molecule has 0 spiro atoms. The van der Waals surface area contributed by atoms with Gasteiger partial charge in [-0.25, -0.2) is 0 Å². The summed E-state index contributed by atoms with van der Waals surface area (Å²) in [5.74, 6) is 0. The second-order valence-corrected chi connectivity index (χ2v) is 6.01. The molecule has 0 nitrogen and oxygen atoms in total. The van der Waals surface area contributed by atoms with E-state index in [9.17, 15) is 12.9 Å². The van der Waals surface area contributed by atoms with Gasteiger partial charge in [0.05, 0.1) is 0 Å². The summed E-state index contributed by atoms with van der Waals surface area (Å²) in [4.78, 5) is 0. The van der Waals surface area contributed by atoms with Crippen molar-refractivity contribution in [1.82, 2.24) is 0 Å². The molecule has 0 heterocycles. The van der Waals surface area contributed by atoms with Gasteiger partial charge in [0.25, 0.3) is 0 Å². The Hall–Kier alpha value is -0.925. The van der Waals surface area contributed by atoms with Crippen molar-refractivity contribution in [1.29, 1.82) is 0 Å². The van der Waals surface area contributed by atoms with Crippen LogP contribution < -0.4 is 0 Å². The number of rotatable bonds is 2. The Bertz CT molecular complexity index is 450. The molecule has 2 bridgehead atoms. The maximum absolute atomic E-state index is 12.9. The Morgan fingerprint density at radius 2 is 1.47 bits per heavy atom. The summed E-state index contributed by atoms with van der Waals surface area (Å²) in [5, 5.41) is -1.28. The largest absolute Gasteiger partial charge is 0.484 e. The van der Waals surface area contributed by atoms with Crippen molar-refractivity contribution < 1.29 is 12.9 Å². The average molecular weight is 239 g/mol. The van der Waals surface area contributed by atoms with E-state index in [4.69, 9.17) is 0 Å². The molecular formula is C13H15BF3-. The zero-order chi connectivity index (χ0) is 12.5. The summed E-state index contributed by atoms with van der Waals surface area (Å²) < 4.78 is 38.6. The Labute approximate surface area is 99.3 Å². The fourth-order valence-electron chi connectivity index (χ4n) is 4.13. The lowest BCUT2D eigenvalue weighted by Crippen LogP contribution is -2.67. The van der Waals surface area contributed by atoms with Gasteiger partial charge in [-0.3, -0.25) is 0 Å². The predicted octanol–water partition coefficient (Wildman–Crippen LogP) is 4.33. The first-order valence-corrected chi connectivity index (χ1v) is 6.06. The highest BCUT2D eigenvalue weighted by molar-refractivity contribution is 6.63. The van der Waals surface area contributed by atoms with Gasteiger partial charge in [-0.1, -0.05) is 42.8 Å². The van der Waals surface area contributed by atoms with Crippen LogP contribution in [0.4, 0.5) is 12.9 Å². The van der Waals surface area contributed by atoms with Gasteiger partial charge in [0.15, 0.2) is 0 Å². The molecule has 0 amide bonds. The van der Waals surface area contributed by atoms with E-state index in [1.165, 1.54) is 5.56 Å². The van der Waals surface area contributed by atoms with Crippen molar-refractivity contribution in [2.75, 3.05) is 0 Å². The smallest absolute Gasteiger partial charge is 0.449 e. The summed E-state index contributed by atoms with van der Waals surface area (Å²) in [7, 11) is 0. The summed E-state index contributed by atoms with van der Waals surface area (Å²) in [6.45, 7) is -0.640. The van der Waals surface area contributed by atoms with Crippen LogP contribution in [0.25, 0.3) is 0 Å². The van der Waals surface area contributed by atoms with Crippen LogP contribution in [0.3, 0.4) is 0 Å². The fraction of sp³-hybridized carbons (Fsp3) is 0.538. The third kappa shape index (κ3) is 1.21. The van der Waals surface area contributed by atoms with E-state index in [1.807, 2.05) is 32.0 Å². The molecule has 0 atom stereocenters. The summed E-state index contributed by atoms with van der Waals surface area (Å²) in [5.41, 5.74) is 3.33. The van der Waals surface area contributed by atoms with Crippen molar-refractivity contribution in [3.63, 3.8) is 0 Å². The van der Waals surface area contributed by atoms with E-state index in [0.717, 1.165) is 11.1 Å². The molecule has 0 saturated heterocycles. The number of aryl methyl sites for hydroxylation is 2. The SMILES string of the molecule is Cc1cccc(C)c1C12CC([B-](F)(F)F)(C1)C2. The summed E-state index contributed by atoms with van der Waals surface area (Å²) in [6, 6.07) is 5.99. The number of hydrogen-bond donors (Lipinski definition) is 0. The van der Waals surface area contributed by atoms with Gasteiger partial charge < -0.3 is 12.9 Å². The van der Waals surface area contributed by atoms with Crippen molar-refractivity contribution in [2.24, 2.45) is 0 Å². The Kier molecular flexibility index (Phi) is 1.91. The lowest BCUT2D eigenvalue weighted by Gasteiger charge is -2.76. The van der Waals surface area contributed by atoms with Gasteiger partial charge in [-0.15, -0.1) is 0 Å². The van der Waals surface area contributed by atoms with Gasteiger partial charge in [0, 0.05) is 0 Å². The quantitative estimate of drug-likeness (QED) is 0.674. The van der Waals surface area contributed by atoms with Crippen molar-refractivity contribution in [3.8, 4) is 0 Å². The highest BCUT2D eigenvalue weighted by atomic mass is 19.4. The van der Waals surface area contributed by atoms with E-state index in [0.29, 0.717) is 19.3 Å². The molecule has 0 N–H and O–H groups in total. The molecule has 1 aromatic carbocycles. The van der Waals surface area contributed by atoms with Gasteiger partial charge in [0.2, 0.25) is 0 Å². The van der Waals surface area contributed by atoms with Gasteiger partial charge >= 0.3 is 6.98 Å². The second kappa shape index (κ2) is 2.90. The molecule has 3 aliphatic carbocycles. The van der Waals surface area contributed by atoms with Gasteiger partial charge in [-0.2, -0.15) is 0 Å². The van der Waals surface area contributed by atoms with Crippen LogP contribution in [0.15, 0.2) is 18.2 Å². The number of hydrogen-bond acceptors (Lipinski definition) is 0. The highest BCUT2D eigenvalue weighted by Crippen LogP contribution is 2.82. The molecule has 0 unspecified atom stereocenters. The maximum atomic E-state index is 12.9. The molecule has 0 aromatic heterocycles. The van der Waals surface area contributed by atoms with Crippen LogP contribution in [-0.2, 0) is 5.41 Å². The Morgan fingerprint density at radius 3 is 1.88 bits per heavy atom. The minimum absolute atomic E-state index is 0.146. The molecular weight excluding hydrogens is 224 g/mol. The minimum atomic E-state index is -4.66. The molecule has 3 aliphatic rings. The van der Waals surface area contributed by atoms with Gasteiger partial charge in [0.1, 0.15) is 0 Å². The molecule has 0 aliphatic heterocycles. The monoisotopic (exact) mass is 239 g/mol. The predicted molar refractivity (Wildman–Crippen MR) is 63.2 cm³/mol. The molecule has 3 fully saturated rings. The van der Waals surface area contributed by atoms with E-state index in [-0.39, 0.29) is 5.41 Å². The molecule has 3 saturated carbocycles. The topological polar surface area (TPSA) is 0 Å². The first kappa shape index (κ1) is 11.2. The van der Waals surface area contributed by atoms with Crippen LogP contribution >= 0.6 is 0 Å². The Balaban J connectivity index is 1.93. The third-order valence-electron chi connectivity index (χ3n) is 4.78. The molecule has 4 rings (SSSR count). The number of benzene rings is 1. The second-order valence-electron chi connectivity index (χ2n) is 6.01. The zero-order valence-electron chi connectivity index (χ0n) is 10.1. The minimum Gasteiger partial charge on any atom is -0.449 e. The molecule has 4 heteroatoms. The standard InChI is InChI=1S/C13H15BF3/c1-9-4-3-5-10(2)11(9)12-6-13(7-12,8-12)14(15,16)17/h3-5H,6-8H2,1-2H3/q-1. The molecule has 17 heavy (non-hydrogen) atoms. The Morgan fingerprint density at radius 1 is 1.00 bits per heavy atom. The third-order valence-corrected chi connectivity index (χ3v) is 4.78. The average Bonchev–Trinajstić information content (AvgIpc) is 2.03. The normalized spacial score (nSPS) is 35.1. The molecule has 0 radical (unpaired) electrons. The van der Waals surface area contributed by atoms with E-state index < -0.39 is 12.3 Å². The van der Waals surface area contributed by atoms with Crippen LogP contribution in [0.2, 0.25) is 5.31 Å². The molecule has 92 valence electrons. The van der Waals surface area contributed by atoms with Crippen LogP contribution in [0.5, 0.6) is 0 Å². The number of halogens is 3. The zero-order valence-corrected chi connectivity index (χ0v) is 10.1.